The molecule has 0 aliphatic carbocycles. The van der Waals surface area contributed by atoms with Crippen LogP contribution in [-0.2, 0) is 20.9 Å². The van der Waals surface area contributed by atoms with E-state index in [1.54, 1.807) is 17.0 Å². The van der Waals surface area contributed by atoms with E-state index in [1.165, 1.54) is 6.07 Å². The van der Waals surface area contributed by atoms with Gasteiger partial charge in [-0.15, -0.1) is 0 Å². The number of halogens is 2. The molecule has 1 heterocycles. The Hall–Kier alpha value is -2.93. The van der Waals surface area contributed by atoms with Crippen LogP contribution in [0.3, 0.4) is 0 Å². The molecule has 1 aliphatic heterocycles. The lowest BCUT2D eigenvalue weighted by atomic mass is 9.81. The SMILES string of the molecule is CCCC(C(N)=O)C(CC(C)C)C(=O)N[C@H]1CCCCN(Cc2cccc(-c3ccc(F)c(Cl)c3)c2)C1=O. The third-order valence-electron chi connectivity index (χ3n) is 7.16. The van der Waals surface area contributed by atoms with Crippen LogP contribution in [0, 0.1) is 23.6 Å². The van der Waals surface area contributed by atoms with Crippen LogP contribution in [0.5, 0.6) is 0 Å². The van der Waals surface area contributed by atoms with Crippen molar-refractivity contribution in [2.75, 3.05) is 6.54 Å². The standard InChI is InChI=1S/C30H39ClFN3O3/c1-4-8-23(28(33)36)24(15-19(2)3)29(37)34-27-11-5-6-14-35(30(27)38)18-20-9-7-10-21(16-20)22-12-13-26(32)25(31)17-22/h7,9-10,12-13,16-17,19,23-24,27H,4-6,8,11,14-15,18H2,1-3H3,(H2,33,36)(H,34,37)/t23?,24?,27-/m0/s1. The maximum absolute atomic E-state index is 13.6. The highest BCUT2D eigenvalue weighted by Gasteiger charge is 2.35. The number of hydrogen-bond donors (Lipinski definition) is 2. The van der Waals surface area contributed by atoms with Crippen LogP contribution in [0.25, 0.3) is 11.1 Å². The third kappa shape index (κ3) is 7.79. The average Bonchev–Trinajstić information content (AvgIpc) is 3.04. The maximum atomic E-state index is 13.6. The summed E-state index contributed by atoms with van der Waals surface area (Å²) in [4.78, 5) is 40.9. The molecule has 1 aliphatic rings. The van der Waals surface area contributed by atoms with Crippen molar-refractivity contribution in [2.24, 2.45) is 23.5 Å². The molecule has 0 aromatic heterocycles. The number of nitrogens with zero attached hydrogens (tertiary/aromatic N) is 1. The van der Waals surface area contributed by atoms with Crippen molar-refractivity contribution in [3.05, 3.63) is 58.9 Å². The molecule has 1 fully saturated rings. The molecule has 3 rings (SSSR count). The smallest absolute Gasteiger partial charge is 0.245 e. The minimum atomic E-state index is -0.645. The molecule has 38 heavy (non-hydrogen) atoms. The number of hydrogen-bond acceptors (Lipinski definition) is 3. The van der Waals surface area contributed by atoms with Gasteiger partial charge in [-0.1, -0.05) is 63.1 Å². The van der Waals surface area contributed by atoms with E-state index in [0.29, 0.717) is 32.4 Å². The molecule has 0 saturated carbocycles. The fraction of sp³-hybridized carbons (Fsp3) is 0.500. The highest BCUT2D eigenvalue weighted by Crippen LogP contribution is 2.28. The Bertz CT molecular complexity index is 1140. The van der Waals surface area contributed by atoms with Gasteiger partial charge in [0, 0.05) is 24.9 Å². The minimum absolute atomic E-state index is 0.0578. The van der Waals surface area contributed by atoms with E-state index in [0.717, 1.165) is 36.0 Å². The number of rotatable bonds is 11. The maximum Gasteiger partial charge on any atom is 0.245 e. The van der Waals surface area contributed by atoms with E-state index >= 15 is 0 Å². The Morgan fingerprint density at radius 2 is 1.87 bits per heavy atom. The molecule has 0 bridgehead atoms. The van der Waals surface area contributed by atoms with Gasteiger partial charge in [-0.3, -0.25) is 14.4 Å². The van der Waals surface area contributed by atoms with E-state index in [1.807, 2.05) is 45.0 Å². The Morgan fingerprint density at radius 3 is 2.53 bits per heavy atom. The van der Waals surface area contributed by atoms with Crippen LogP contribution in [0.4, 0.5) is 4.39 Å². The van der Waals surface area contributed by atoms with E-state index < -0.39 is 29.6 Å². The average molecular weight is 544 g/mol. The van der Waals surface area contributed by atoms with Crippen LogP contribution in [0.15, 0.2) is 42.5 Å². The lowest BCUT2D eigenvalue weighted by molar-refractivity contribution is -0.139. The second-order valence-corrected chi connectivity index (χ2v) is 11.1. The van der Waals surface area contributed by atoms with Gasteiger partial charge in [0.15, 0.2) is 0 Å². The minimum Gasteiger partial charge on any atom is -0.369 e. The van der Waals surface area contributed by atoms with Crippen LogP contribution in [0.1, 0.15) is 64.9 Å². The van der Waals surface area contributed by atoms with E-state index in [-0.39, 0.29) is 22.8 Å². The number of likely N-dealkylation sites (tertiary alicyclic amines) is 1. The largest absolute Gasteiger partial charge is 0.369 e. The number of nitrogens with one attached hydrogen (secondary N) is 1. The van der Waals surface area contributed by atoms with Gasteiger partial charge in [0.25, 0.3) is 0 Å². The molecule has 0 spiro atoms. The van der Waals surface area contributed by atoms with Gasteiger partial charge in [-0.2, -0.15) is 0 Å². The van der Waals surface area contributed by atoms with Gasteiger partial charge in [0.05, 0.1) is 5.02 Å². The van der Waals surface area contributed by atoms with Gasteiger partial charge in [-0.25, -0.2) is 4.39 Å². The summed E-state index contributed by atoms with van der Waals surface area (Å²) in [7, 11) is 0. The first-order valence-corrected chi connectivity index (χ1v) is 13.9. The Balaban J connectivity index is 1.76. The van der Waals surface area contributed by atoms with Gasteiger partial charge >= 0.3 is 0 Å². The predicted octanol–water partition coefficient (Wildman–Crippen LogP) is 5.71. The normalized spacial score (nSPS) is 17.7. The summed E-state index contributed by atoms with van der Waals surface area (Å²) in [5.74, 6) is -2.25. The van der Waals surface area contributed by atoms with Crippen molar-refractivity contribution in [3.63, 3.8) is 0 Å². The summed E-state index contributed by atoms with van der Waals surface area (Å²) in [5, 5.41) is 3.04. The quantitative estimate of drug-likeness (QED) is 0.380. The van der Waals surface area contributed by atoms with Crippen molar-refractivity contribution in [1.29, 1.82) is 0 Å². The molecule has 8 heteroatoms. The second-order valence-electron chi connectivity index (χ2n) is 10.7. The van der Waals surface area contributed by atoms with Crippen molar-refractivity contribution in [1.82, 2.24) is 10.2 Å². The predicted molar refractivity (Wildman–Crippen MR) is 149 cm³/mol. The summed E-state index contributed by atoms with van der Waals surface area (Å²) in [6.45, 7) is 6.97. The Labute approximate surface area is 230 Å². The van der Waals surface area contributed by atoms with E-state index in [2.05, 4.69) is 5.32 Å². The fourth-order valence-electron chi connectivity index (χ4n) is 5.23. The Kier molecular flexibility index (Phi) is 10.7. The molecule has 2 aromatic carbocycles. The van der Waals surface area contributed by atoms with Crippen molar-refractivity contribution in [2.45, 2.75) is 71.9 Å². The Morgan fingerprint density at radius 1 is 1.13 bits per heavy atom. The molecule has 2 aromatic rings. The van der Waals surface area contributed by atoms with Gasteiger partial charge in [-0.05, 0) is 72.9 Å². The molecule has 6 nitrogen and oxygen atoms in total. The van der Waals surface area contributed by atoms with Crippen molar-refractivity contribution in [3.8, 4) is 11.1 Å². The monoisotopic (exact) mass is 543 g/mol. The van der Waals surface area contributed by atoms with Crippen LogP contribution in [-0.4, -0.2) is 35.2 Å². The molecule has 2 unspecified atom stereocenters. The fourth-order valence-corrected chi connectivity index (χ4v) is 5.42. The van der Waals surface area contributed by atoms with E-state index in [9.17, 15) is 18.8 Å². The summed E-state index contributed by atoms with van der Waals surface area (Å²) < 4.78 is 13.6. The van der Waals surface area contributed by atoms with Crippen LogP contribution >= 0.6 is 11.6 Å². The zero-order valence-electron chi connectivity index (χ0n) is 22.5. The molecule has 0 radical (unpaired) electrons. The summed E-state index contributed by atoms with van der Waals surface area (Å²) in [5.41, 5.74) is 8.27. The number of benzene rings is 2. The summed E-state index contributed by atoms with van der Waals surface area (Å²) in [6, 6.07) is 11.7. The first-order chi connectivity index (χ1) is 18.1. The van der Waals surface area contributed by atoms with Gasteiger partial charge in [0.1, 0.15) is 11.9 Å². The summed E-state index contributed by atoms with van der Waals surface area (Å²) >= 11 is 5.97. The highest BCUT2D eigenvalue weighted by molar-refractivity contribution is 6.31. The van der Waals surface area contributed by atoms with Gasteiger partial charge < -0.3 is 16.0 Å². The number of carbonyl (C=O) groups excluding carboxylic acids is 3. The first-order valence-electron chi connectivity index (χ1n) is 13.5. The zero-order chi connectivity index (χ0) is 27.8. The highest BCUT2D eigenvalue weighted by atomic mass is 35.5. The molecule has 206 valence electrons. The topological polar surface area (TPSA) is 92.5 Å². The lowest BCUT2D eigenvalue weighted by Gasteiger charge is -2.29. The van der Waals surface area contributed by atoms with E-state index in [4.69, 9.17) is 17.3 Å². The number of nitrogens with two attached hydrogens (primary N) is 1. The van der Waals surface area contributed by atoms with Crippen LogP contribution in [0.2, 0.25) is 5.02 Å². The number of amides is 3. The van der Waals surface area contributed by atoms with Crippen molar-refractivity contribution < 1.29 is 18.8 Å². The summed E-state index contributed by atoms with van der Waals surface area (Å²) in [6.07, 6.45) is 4.02. The number of carbonyl (C=O) groups is 3. The molecule has 3 N–H and O–H groups in total. The van der Waals surface area contributed by atoms with Crippen LogP contribution < -0.4 is 11.1 Å². The molecule has 3 atom stereocenters. The molecule has 1 saturated heterocycles. The third-order valence-corrected chi connectivity index (χ3v) is 7.45. The second kappa shape index (κ2) is 13.7. The first kappa shape index (κ1) is 29.6. The lowest BCUT2D eigenvalue weighted by Crippen LogP contribution is -2.50. The van der Waals surface area contributed by atoms with Gasteiger partial charge in [0.2, 0.25) is 17.7 Å². The molecular formula is C30H39ClFN3O3. The molecule has 3 amide bonds. The van der Waals surface area contributed by atoms with Crippen molar-refractivity contribution >= 4 is 29.3 Å². The molecular weight excluding hydrogens is 505 g/mol. The number of primary amides is 1. The zero-order valence-corrected chi connectivity index (χ0v) is 23.3.